The molecule has 0 aliphatic carbocycles. The average molecular weight is 378 g/mol. The Kier molecular flexibility index (Phi) is 5.09. The van der Waals surface area contributed by atoms with Gasteiger partial charge in [-0.25, -0.2) is 0 Å². The second kappa shape index (κ2) is 7.68. The fourth-order valence-corrected chi connectivity index (χ4v) is 3.68. The average Bonchev–Trinajstić information content (AvgIpc) is 3.18. The van der Waals surface area contributed by atoms with Crippen molar-refractivity contribution in [2.24, 2.45) is 0 Å². The van der Waals surface area contributed by atoms with Crippen molar-refractivity contribution in [1.82, 2.24) is 10.2 Å². The zero-order chi connectivity index (χ0) is 19.6. The summed E-state index contributed by atoms with van der Waals surface area (Å²) in [6.07, 6.45) is 4.41. The van der Waals surface area contributed by atoms with E-state index in [0.29, 0.717) is 12.3 Å². The van der Waals surface area contributed by atoms with E-state index in [9.17, 15) is 4.79 Å². The lowest BCUT2D eigenvalue weighted by Crippen LogP contribution is -2.53. The first-order valence-electron chi connectivity index (χ1n) is 9.69. The normalized spacial score (nSPS) is 16.2. The zero-order valence-electron chi connectivity index (χ0n) is 16.4. The van der Waals surface area contributed by atoms with Crippen molar-refractivity contribution in [1.29, 1.82) is 0 Å². The van der Waals surface area contributed by atoms with E-state index in [-0.39, 0.29) is 18.2 Å². The third kappa shape index (κ3) is 4.04. The highest BCUT2D eigenvalue weighted by molar-refractivity contribution is 5.91. The number of ether oxygens (including phenoxy) is 2. The number of hydrogen-bond donors (Lipinski definition) is 1. The van der Waals surface area contributed by atoms with Gasteiger partial charge in [-0.15, -0.1) is 0 Å². The molecule has 2 aromatic rings. The number of rotatable bonds is 5. The molecule has 0 saturated heterocycles. The third-order valence-electron chi connectivity index (χ3n) is 5.51. The second-order valence-corrected chi connectivity index (χ2v) is 7.92. The topological polar surface area (TPSA) is 50.8 Å². The van der Waals surface area contributed by atoms with Gasteiger partial charge in [-0.1, -0.05) is 30.3 Å². The molecule has 2 aliphatic heterocycles. The van der Waals surface area contributed by atoms with E-state index in [1.165, 1.54) is 11.1 Å². The summed E-state index contributed by atoms with van der Waals surface area (Å²) in [5.41, 5.74) is 3.61. The molecular formula is C23H26N2O3. The molecule has 4 rings (SSSR count). The molecule has 1 amide bonds. The maximum absolute atomic E-state index is 12.3. The Labute approximate surface area is 165 Å². The number of nitrogens with one attached hydrogen (secondary N) is 1. The molecule has 0 spiro atoms. The molecule has 0 fully saturated rings. The van der Waals surface area contributed by atoms with Crippen molar-refractivity contribution in [3.8, 4) is 11.5 Å². The highest BCUT2D eigenvalue weighted by Gasteiger charge is 2.29. The smallest absolute Gasteiger partial charge is 0.244 e. The number of fused-ring (bicyclic) bond motifs is 2. The van der Waals surface area contributed by atoms with Crippen LogP contribution in [0.4, 0.5) is 0 Å². The predicted octanol–water partition coefficient (Wildman–Crippen LogP) is 3.38. The van der Waals surface area contributed by atoms with Gasteiger partial charge in [0.15, 0.2) is 11.5 Å². The minimum Gasteiger partial charge on any atom is -0.454 e. The van der Waals surface area contributed by atoms with E-state index in [2.05, 4.69) is 48.3 Å². The van der Waals surface area contributed by atoms with Crippen LogP contribution in [0.1, 0.15) is 30.5 Å². The minimum atomic E-state index is -0.115. The van der Waals surface area contributed by atoms with Crippen molar-refractivity contribution in [2.45, 2.75) is 32.4 Å². The molecule has 0 bridgehead atoms. The Hall–Kier alpha value is -2.79. The van der Waals surface area contributed by atoms with Gasteiger partial charge in [0.05, 0.1) is 0 Å². The first-order chi connectivity index (χ1) is 13.5. The first kappa shape index (κ1) is 18.6. The number of nitrogens with zero attached hydrogens (tertiary/aromatic N) is 1. The van der Waals surface area contributed by atoms with Crippen LogP contribution >= 0.6 is 0 Å². The van der Waals surface area contributed by atoms with Gasteiger partial charge in [-0.05, 0) is 55.2 Å². The summed E-state index contributed by atoms with van der Waals surface area (Å²) in [7, 11) is 0. The van der Waals surface area contributed by atoms with Crippen LogP contribution in [0.25, 0.3) is 6.08 Å². The van der Waals surface area contributed by atoms with Crippen LogP contribution in [0.15, 0.2) is 48.5 Å². The molecule has 2 aliphatic rings. The first-order valence-corrected chi connectivity index (χ1v) is 9.69. The molecule has 2 heterocycles. The van der Waals surface area contributed by atoms with Crippen LogP contribution in [0.5, 0.6) is 11.5 Å². The van der Waals surface area contributed by atoms with E-state index >= 15 is 0 Å². The summed E-state index contributed by atoms with van der Waals surface area (Å²) in [6.45, 7) is 7.14. The van der Waals surface area contributed by atoms with Gasteiger partial charge >= 0.3 is 0 Å². The molecule has 5 heteroatoms. The molecule has 0 saturated carbocycles. The molecule has 0 radical (unpaired) electrons. The molecule has 1 N–H and O–H groups in total. The third-order valence-corrected chi connectivity index (χ3v) is 5.51. The number of carbonyl (C=O) groups excluding carboxylic acids is 1. The van der Waals surface area contributed by atoms with Crippen LogP contribution in [0, 0.1) is 0 Å². The summed E-state index contributed by atoms with van der Waals surface area (Å²) in [6, 6.07) is 14.3. The zero-order valence-corrected chi connectivity index (χ0v) is 16.4. The second-order valence-electron chi connectivity index (χ2n) is 7.92. The Morgan fingerprint density at radius 2 is 1.93 bits per heavy atom. The summed E-state index contributed by atoms with van der Waals surface area (Å²) < 4.78 is 10.7. The van der Waals surface area contributed by atoms with Crippen LogP contribution in [-0.4, -0.2) is 36.2 Å². The lowest BCUT2D eigenvalue weighted by Gasteiger charge is -2.41. The van der Waals surface area contributed by atoms with Gasteiger partial charge in [0, 0.05) is 31.2 Å². The number of benzene rings is 2. The maximum Gasteiger partial charge on any atom is 0.244 e. The Morgan fingerprint density at radius 3 is 2.79 bits per heavy atom. The largest absolute Gasteiger partial charge is 0.454 e. The monoisotopic (exact) mass is 378 g/mol. The van der Waals surface area contributed by atoms with Crippen molar-refractivity contribution in [3.63, 3.8) is 0 Å². The fraction of sp³-hybridized carbons (Fsp3) is 0.348. The molecule has 146 valence electrons. The maximum atomic E-state index is 12.3. The molecule has 0 aromatic heterocycles. The van der Waals surface area contributed by atoms with E-state index in [0.717, 1.165) is 30.8 Å². The Bertz CT molecular complexity index is 904. The summed E-state index contributed by atoms with van der Waals surface area (Å²) in [5, 5.41) is 3.04. The van der Waals surface area contributed by atoms with Gasteiger partial charge < -0.3 is 14.8 Å². The van der Waals surface area contributed by atoms with Crippen LogP contribution < -0.4 is 14.8 Å². The number of hydrogen-bond acceptors (Lipinski definition) is 4. The molecular weight excluding hydrogens is 352 g/mol. The van der Waals surface area contributed by atoms with Crippen LogP contribution in [-0.2, 0) is 17.8 Å². The molecule has 2 aromatic carbocycles. The number of amides is 1. The van der Waals surface area contributed by atoms with Crippen molar-refractivity contribution in [2.75, 3.05) is 19.9 Å². The summed E-state index contributed by atoms with van der Waals surface area (Å²) >= 11 is 0. The van der Waals surface area contributed by atoms with Crippen molar-refractivity contribution >= 4 is 12.0 Å². The van der Waals surface area contributed by atoms with E-state index in [1.54, 1.807) is 12.2 Å². The molecule has 0 atom stereocenters. The van der Waals surface area contributed by atoms with Gasteiger partial charge in [-0.2, -0.15) is 0 Å². The van der Waals surface area contributed by atoms with Crippen LogP contribution in [0.2, 0.25) is 0 Å². The van der Waals surface area contributed by atoms with Gasteiger partial charge in [-0.3, -0.25) is 9.69 Å². The van der Waals surface area contributed by atoms with Gasteiger partial charge in [0.1, 0.15) is 0 Å². The number of carbonyl (C=O) groups is 1. The minimum absolute atomic E-state index is 0.0943. The molecule has 5 nitrogen and oxygen atoms in total. The molecule has 28 heavy (non-hydrogen) atoms. The lowest BCUT2D eigenvalue weighted by molar-refractivity contribution is -0.117. The fourth-order valence-electron chi connectivity index (χ4n) is 3.68. The SMILES string of the molecule is CC(C)(CNC(=O)/C=C/c1ccc2c(c1)OCO2)N1CCc2ccccc2C1. The quantitative estimate of drug-likeness (QED) is 0.811. The highest BCUT2D eigenvalue weighted by atomic mass is 16.7. The lowest BCUT2D eigenvalue weighted by atomic mass is 9.94. The predicted molar refractivity (Wildman–Crippen MR) is 109 cm³/mol. The van der Waals surface area contributed by atoms with E-state index < -0.39 is 0 Å². The Morgan fingerprint density at radius 1 is 1.14 bits per heavy atom. The van der Waals surface area contributed by atoms with Crippen molar-refractivity contribution < 1.29 is 14.3 Å². The summed E-state index contributed by atoms with van der Waals surface area (Å²) in [4.78, 5) is 14.7. The van der Waals surface area contributed by atoms with E-state index in [1.807, 2.05) is 18.2 Å². The molecule has 0 unspecified atom stereocenters. The van der Waals surface area contributed by atoms with Crippen molar-refractivity contribution in [3.05, 3.63) is 65.2 Å². The van der Waals surface area contributed by atoms with Gasteiger partial charge in [0.25, 0.3) is 0 Å². The highest BCUT2D eigenvalue weighted by Crippen LogP contribution is 2.32. The Balaban J connectivity index is 1.32. The standard InChI is InChI=1S/C23H26N2O3/c1-23(2,25-12-11-18-5-3-4-6-19(18)14-25)15-24-22(26)10-8-17-7-9-20-21(13-17)28-16-27-20/h3-10,13H,11-12,14-16H2,1-2H3,(H,24,26)/b10-8+. The summed E-state index contributed by atoms with van der Waals surface area (Å²) in [5.74, 6) is 1.36. The van der Waals surface area contributed by atoms with E-state index in [4.69, 9.17) is 9.47 Å². The van der Waals surface area contributed by atoms with Gasteiger partial charge in [0.2, 0.25) is 12.7 Å². The van der Waals surface area contributed by atoms with Crippen LogP contribution in [0.3, 0.4) is 0 Å².